The van der Waals surface area contributed by atoms with Crippen molar-refractivity contribution in [2.75, 3.05) is 17.9 Å². The number of amidine groups is 1. The topological polar surface area (TPSA) is 114 Å². The van der Waals surface area contributed by atoms with Gasteiger partial charge in [0.1, 0.15) is 12.4 Å². The van der Waals surface area contributed by atoms with Crippen LogP contribution in [0, 0.1) is 5.92 Å². The Labute approximate surface area is 165 Å². The van der Waals surface area contributed by atoms with E-state index in [1.54, 1.807) is 18.2 Å². The van der Waals surface area contributed by atoms with Gasteiger partial charge in [0.15, 0.2) is 5.84 Å². The van der Waals surface area contributed by atoms with Crippen LogP contribution in [0.4, 0.5) is 5.69 Å². The standard InChI is InChI=1S/C19H26N4O4S/c20-18-17-15(21-28(25,26)22-18)9-5-10-16(17)27-12-14-8-3-4-11-23(14)19(24)13-6-1-2-7-13/h5,9-10,13-14,21H,1-4,6-8,11-12H2,(H2,20,22)/t14-/m1/s1. The van der Waals surface area contributed by atoms with E-state index in [0.29, 0.717) is 23.6 Å². The van der Waals surface area contributed by atoms with Crippen LogP contribution >= 0.6 is 0 Å². The first-order chi connectivity index (χ1) is 13.4. The first-order valence-corrected chi connectivity index (χ1v) is 11.3. The molecule has 2 fully saturated rings. The van der Waals surface area contributed by atoms with Crippen molar-refractivity contribution in [3.63, 3.8) is 0 Å². The molecule has 1 aliphatic carbocycles. The van der Waals surface area contributed by atoms with Gasteiger partial charge in [-0.15, -0.1) is 4.40 Å². The third-order valence-corrected chi connectivity index (χ3v) is 6.70. The summed E-state index contributed by atoms with van der Waals surface area (Å²) in [5.74, 6) is 0.795. The number of carbonyl (C=O) groups excluding carboxylic acids is 1. The van der Waals surface area contributed by atoms with E-state index in [1.807, 2.05) is 4.90 Å². The lowest BCUT2D eigenvalue weighted by Crippen LogP contribution is -2.48. The highest BCUT2D eigenvalue weighted by Gasteiger charge is 2.33. The Kier molecular flexibility index (Phi) is 5.18. The van der Waals surface area contributed by atoms with Gasteiger partial charge in [-0.25, -0.2) is 0 Å². The lowest BCUT2D eigenvalue weighted by molar-refractivity contribution is -0.139. The van der Waals surface area contributed by atoms with Gasteiger partial charge in [-0.1, -0.05) is 18.9 Å². The minimum absolute atomic E-state index is 0.0242. The summed E-state index contributed by atoms with van der Waals surface area (Å²) in [6.45, 7) is 1.13. The molecule has 0 radical (unpaired) electrons. The molecule has 0 spiro atoms. The number of piperidine rings is 1. The largest absolute Gasteiger partial charge is 0.491 e. The lowest BCUT2D eigenvalue weighted by atomic mass is 9.98. The molecule has 0 aromatic heterocycles. The summed E-state index contributed by atoms with van der Waals surface area (Å²) in [5.41, 5.74) is 6.68. The average Bonchev–Trinajstić information content (AvgIpc) is 3.19. The van der Waals surface area contributed by atoms with Crippen molar-refractivity contribution in [3.05, 3.63) is 23.8 Å². The van der Waals surface area contributed by atoms with Crippen LogP contribution in [0.25, 0.3) is 0 Å². The molecule has 8 nitrogen and oxygen atoms in total. The fraction of sp³-hybridized carbons (Fsp3) is 0.579. The highest BCUT2D eigenvalue weighted by molar-refractivity contribution is 7.91. The van der Waals surface area contributed by atoms with Crippen molar-refractivity contribution in [3.8, 4) is 5.75 Å². The van der Waals surface area contributed by atoms with Crippen molar-refractivity contribution in [2.24, 2.45) is 16.0 Å². The summed E-state index contributed by atoms with van der Waals surface area (Å²) in [7, 11) is -3.82. The molecule has 152 valence electrons. The summed E-state index contributed by atoms with van der Waals surface area (Å²) in [5, 5.41) is 0. The third-order valence-electron chi connectivity index (χ3n) is 5.79. The maximum absolute atomic E-state index is 12.9. The molecule has 1 saturated heterocycles. The minimum atomic E-state index is -3.82. The van der Waals surface area contributed by atoms with Crippen molar-refractivity contribution in [1.29, 1.82) is 0 Å². The molecular formula is C19H26N4O4S. The zero-order valence-corrected chi connectivity index (χ0v) is 16.6. The van der Waals surface area contributed by atoms with Crippen LogP contribution < -0.4 is 15.2 Å². The molecule has 3 aliphatic rings. The summed E-state index contributed by atoms with van der Waals surface area (Å²) >= 11 is 0. The highest BCUT2D eigenvalue weighted by Crippen LogP contribution is 2.32. The monoisotopic (exact) mass is 406 g/mol. The van der Waals surface area contributed by atoms with E-state index in [2.05, 4.69) is 9.12 Å². The second-order valence-electron chi connectivity index (χ2n) is 7.71. The fourth-order valence-electron chi connectivity index (χ4n) is 4.39. The maximum atomic E-state index is 12.9. The number of nitrogens with one attached hydrogen (secondary N) is 1. The number of nitrogens with two attached hydrogens (primary N) is 1. The number of carbonyl (C=O) groups is 1. The molecule has 1 aromatic carbocycles. The Balaban J connectivity index is 1.50. The Hall–Kier alpha value is -2.29. The van der Waals surface area contributed by atoms with Crippen LogP contribution in [-0.4, -0.2) is 44.3 Å². The van der Waals surface area contributed by atoms with E-state index < -0.39 is 10.2 Å². The Bertz CT molecular complexity index is 893. The van der Waals surface area contributed by atoms with Crippen LogP contribution in [0.2, 0.25) is 0 Å². The summed E-state index contributed by atoms with van der Waals surface area (Å²) in [4.78, 5) is 14.9. The van der Waals surface area contributed by atoms with E-state index in [9.17, 15) is 13.2 Å². The molecule has 9 heteroatoms. The van der Waals surface area contributed by atoms with E-state index in [4.69, 9.17) is 10.5 Å². The molecule has 1 amide bonds. The van der Waals surface area contributed by atoms with Crippen molar-refractivity contribution < 1.29 is 17.9 Å². The number of nitrogens with zero attached hydrogens (tertiary/aromatic N) is 2. The van der Waals surface area contributed by atoms with Gasteiger partial charge in [-0.05, 0) is 44.2 Å². The Morgan fingerprint density at radius 3 is 2.75 bits per heavy atom. The van der Waals surface area contributed by atoms with Crippen LogP contribution in [0.5, 0.6) is 5.75 Å². The summed E-state index contributed by atoms with van der Waals surface area (Å²) in [6, 6.07) is 5.10. The molecule has 4 rings (SSSR count). The second kappa shape index (κ2) is 7.62. The molecule has 1 aromatic rings. The maximum Gasteiger partial charge on any atom is 0.344 e. The number of fused-ring (bicyclic) bond motifs is 1. The van der Waals surface area contributed by atoms with Crippen molar-refractivity contribution in [2.45, 2.75) is 51.0 Å². The second-order valence-corrected chi connectivity index (χ2v) is 9.04. The molecule has 2 aliphatic heterocycles. The van der Waals surface area contributed by atoms with Gasteiger partial charge >= 0.3 is 10.2 Å². The quantitative estimate of drug-likeness (QED) is 0.794. The van der Waals surface area contributed by atoms with Gasteiger partial charge in [-0.3, -0.25) is 9.52 Å². The Morgan fingerprint density at radius 1 is 1.21 bits per heavy atom. The first kappa shape index (κ1) is 19.0. The highest BCUT2D eigenvalue weighted by atomic mass is 32.2. The zero-order valence-electron chi connectivity index (χ0n) is 15.8. The molecule has 0 bridgehead atoms. The van der Waals surface area contributed by atoms with Crippen LogP contribution in [0.1, 0.15) is 50.5 Å². The SMILES string of the molecule is NC1=NS(=O)(=O)Nc2cccc(OC[C@H]3CCCCN3C(=O)C3CCCC3)c21. The van der Waals surface area contributed by atoms with Crippen LogP contribution in [-0.2, 0) is 15.0 Å². The zero-order chi connectivity index (χ0) is 19.7. The van der Waals surface area contributed by atoms with E-state index in [-0.39, 0.29) is 23.7 Å². The van der Waals surface area contributed by atoms with Gasteiger partial charge in [0.25, 0.3) is 0 Å². The average molecular weight is 407 g/mol. The van der Waals surface area contributed by atoms with Crippen LogP contribution in [0.3, 0.4) is 0 Å². The smallest absolute Gasteiger partial charge is 0.344 e. The number of hydrogen-bond acceptors (Lipinski definition) is 5. The molecular weight excluding hydrogens is 380 g/mol. The summed E-state index contributed by atoms with van der Waals surface area (Å²) < 4.78 is 35.4. The normalized spacial score (nSPS) is 24.2. The minimum Gasteiger partial charge on any atom is -0.491 e. The molecule has 1 atom stereocenters. The van der Waals surface area contributed by atoms with Crippen molar-refractivity contribution in [1.82, 2.24) is 4.90 Å². The number of ether oxygens (including phenoxy) is 1. The number of amides is 1. The lowest BCUT2D eigenvalue weighted by Gasteiger charge is -2.37. The summed E-state index contributed by atoms with van der Waals surface area (Å²) in [6.07, 6.45) is 7.25. The number of rotatable bonds is 4. The van der Waals surface area contributed by atoms with Gasteiger partial charge < -0.3 is 15.4 Å². The van der Waals surface area contributed by atoms with Gasteiger partial charge in [-0.2, -0.15) is 8.42 Å². The van der Waals surface area contributed by atoms with Crippen LogP contribution in [0.15, 0.2) is 22.6 Å². The Morgan fingerprint density at radius 2 is 1.96 bits per heavy atom. The van der Waals surface area contributed by atoms with Gasteiger partial charge in [0, 0.05) is 12.5 Å². The molecule has 0 unspecified atom stereocenters. The van der Waals surface area contributed by atoms with E-state index in [1.165, 1.54) is 0 Å². The number of hydrogen-bond donors (Lipinski definition) is 2. The predicted octanol–water partition coefficient (Wildman–Crippen LogP) is 2.01. The van der Waals surface area contributed by atoms with Gasteiger partial charge in [0.05, 0.1) is 17.3 Å². The van der Waals surface area contributed by atoms with Gasteiger partial charge in [0.2, 0.25) is 5.91 Å². The fourth-order valence-corrected chi connectivity index (χ4v) is 5.24. The first-order valence-electron chi connectivity index (χ1n) is 9.89. The van der Waals surface area contributed by atoms with E-state index >= 15 is 0 Å². The van der Waals surface area contributed by atoms with Crippen molar-refractivity contribution >= 4 is 27.6 Å². The molecule has 2 heterocycles. The molecule has 3 N–H and O–H groups in total. The molecule has 28 heavy (non-hydrogen) atoms. The predicted molar refractivity (Wildman–Crippen MR) is 107 cm³/mol. The third kappa shape index (κ3) is 3.80. The molecule has 1 saturated carbocycles. The number of benzene rings is 1. The van der Waals surface area contributed by atoms with E-state index in [0.717, 1.165) is 51.5 Å². The number of anilines is 1. The number of likely N-dealkylation sites (tertiary alicyclic amines) is 1.